The van der Waals surface area contributed by atoms with E-state index in [1.165, 1.54) is 11.1 Å². The lowest BCUT2D eigenvalue weighted by molar-refractivity contribution is -0.137. The zero-order valence-electron chi connectivity index (χ0n) is 20.8. The first kappa shape index (κ1) is 27.7. The highest BCUT2D eigenvalue weighted by Crippen LogP contribution is 2.28. The number of hydrogen-bond donors (Lipinski definition) is 1. The minimum atomic E-state index is -1.14. The number of ether oxygens (including phenoxy) is 1. The van der Waals surface area contributed by atoms with Gasteiger partial charge in [-0.25, -0.2) is 14.8 Å². The van der Waals surface area contributed by atoms with Gasteiger partial charge in [0.15, 0.2) is 0 Å². The summed E-state index contributed by atoms with van der Waals surface area (Å²) in [5.74, 6) is -0.998. The zero-order valence-corrected chi connectivity index (χ0v) is 22.3. The molecule has 0 bridgehead atoms. The van der Waals surface area contributed by atoms with Crippen LogP contribution in [0, 0.1) is 6.92 Å². The molecule has 1 aliphatic heterocycles. The van der Waals surface area contributed by atoms with Crippen LogP contribution in [0.15, 0.2) is 24.4 Å². The van der Waals surface area contributed by atoms with E-state index in [1.54, 1.807) is 30.0 Å². The standard InChI is InChI=1S/C25H30Cl2N4O5/c1-15-18(23(34)31(14-21(32)33)13-16-5-6-19(26)20(27)11-16)12-28-22(29-15)17-7-9-30(10-8-17)24(35)36-25(2,3)4/h5-6,11-12,17H,7-10,13-14H2,1-4H3,(H,32,33). The Labute approximate surface area is 220 Å². The topological polar surface area (TPSA) is 113 Å². The van der Waals surface area contributed by atoms with Crippen molar-refractivity contribution >= 4 is 41.2 Å². The van der Waals surface area contributed by atoms with E-state index in [0.29, 0.717) is 53.1 Å². The summed E-state index contributed by atoms with van der Waals surface area (Å²) in [6.45, 7) is 7.79. The third-order valence-electron chi connectivity index (χ3n) is 5.71. The van der Waals surface area contributed by atoms with Crippen LogP contribution in [0.4, 0.5) is 4.79 Å². The van der Waals surface area contributed by atoms with Gasteiger partial charge in [0.1, 0.15) is 18.0 Å². The van der Waals surface area contributed by atoms with Gasteiger partial charge in [-0.05, 0) is 58.2 Å². The molecule has 1 N–H and O–H groups in total. The molecule has 0 saturated carbocycles. The van der Waals surface area contributed by atoms with Crippen LogP contribution >= 0.6 is 23.2 Å². The van der Waals surface area contributed by atoms with Gasteiger partial charge in [0, 0.05) is 31.7 Å². The summed E-state index contributed by atoms with van der Waals surface area (Å²) < 4.78 is 5.44. The van der Waals surface area contributed by atoms with Gasteiger partial charge >= 0.3 is 12.1 Å². The van der Waals surface area contributed by atoms with Gasteiger partial charge in [-0.3, -0.25) is 9.59 Å². The van der Waals surface area contributed by atoms with Gasteiger partial charge in [0.2, 0.25) is 0 Å². The van der Waals surface area contributed by atoms with Crippen molar-refractivity contribution in [1.82, 2.24) is 19.8 Å². The average Bonchev–Trinajstić information content (AvgIpc) is 2.79. The molecular formula is C25H30Cl2N4O5. The van der Waals surface area contributed by atoms with E-state index in [9.17, 15) is 19.5 Å². The highest BCUT2D eigenvalue weighted by molar-refractivity contribution is 6.42. The van der Waals surface area contributed by atoms with Crippen molar-refractivity contribution in [3.05, 3.63) is 57.1 Å². The summed E-state index contributed by atoms with van der Waals surface area (Å²) >= 11 is 12.0. The fourth-order valence-electron chi connectivity index (χ4n) is 3.93. The second-order valence-electron chi connectivity index (χ2n) is 9.77. The van der Waals surface area contributed by atoms with Crippen LogP contribution in [0.2, 0.25) is 10.0 Å². The highest BCUT2D eigenvalue weighted by Gasteiger charge is 2.29. The summed E-state index contributed by atoms with van der Waals surface area (Å²) in [5.41, 5.74) is 0.784. The number of amides is 2. The normalized spacial score (nSPS) is 14.4. The molecule has 2 amide bonds. The van der Waals surface area contributed by atoms with Crippen molar-refractivity contribution in [2.24, 2.45) is 0 Å². The molecule has 0 unspecified atom stereocenters. The number of carboxylic acids is 1. The minimum Gasteiger partial charge on any atom is -0.480 e. The van der Waals surface area contributed by atoms with Gasteiger partial charge in [-0.1, -0.05) is 29.3 Å². The first-order valence-electron chi connectivity index (χ1n) is 11.6. The van der Waals surface area contributed by atoms with E-state index in [2.05, 4.69) is 9.97 Å². The summed E-state index contributed by atoms with van der Waals surface area (Å²) in [6, 6.07) is 4.88. The van der Waals surface area contributed by atoms with E-state index in [-0.39, 0.29) is 24.1 Å². The number of carbonyl (C=O) groups excluding carboxylic acids is 2. The number of nitrogens with zero attached hydrogens (tertiary/aromatic N) is 4. The Morgan fingerprint density at radius 1 is 1.17 bits per heavy atom. The third-order valence-corrected chi connectivity index (χ3v) is 6.45. The Morgan fingerprint density at radius 3 is 2.39 bits per heavy atom. The molecular weight excluding hydrogens is 507 g/mol. The average molecular weight is 537 g/mol. The molecule has 1 saturated heterocycles. The predicted octanol–water partition coefficient (Wildman–Crippen LogP) is 4.93. The number of hydrogen-bond acceptors (Lipinski definition) is 6. The molecule has 1 fully saturated rings. The SMILES string of the molecule is Cc1nc(C2CCN(C(=O)OC(C)(C)C)CC2)ncc1C(=O)N(CC(=O)O)Cc1ccc(Cl)c(Cl)c1. The minimum absolute atomic E-state index is 0.0341. The fourth-order valence-corrected chi connectivity index (χ4v) is 4.25. The lowest BCUT2D eigenvalue weighted by atomic mass is 9.96. The molecule has 0 aliphatic carbocycles. The lowest BCUT2D eigenvalue weighted by Gasteiger charge is -2.33. The quantitative estimate of drug-likeness (QED) is 0.556. The van der Waals surface area contributed by atoms with E-state index < -0.39 is 24.0 Å². The van der Waals surface area contributed by atoms with Gasteiger partial charge in [0.25, 0.3) is 5.91 Å². The number of likely N-dealkylation sites (tertiary alicyclic amines) is 1. The molecule has 0 atom stereocenters. The maximum Gasteiger partial charge on any atom is 0.410 e. The number of aliphatic carboxylic acids is 1. The van der Waals surface area contributed by atoms with Gasteiger partial charge in [0.05, 0.1) is 21.3 Å². The largest absolute Gasteiger partial charge is 0.480 e. The number of rotatable bonds is 6. The molecule has 1 aromatic heterocycles. The maximum atomic E-state index is 13.2. The molecule has 36 heavy (non-hydrogen) atoms. The summed E-state index contributed by atoms with van der Waals surface area (Å²) in [7, 11) is 0. The zero-order chi connectivity index (χ0) is 26.6. The smallest absolute Gasteiger partial charge is 0.410 e. The van der Waals surface area contributed by atoms with Gasteiger partial charge in [-0.2, -0.15) is 0 Å². The van der Waals surface area contributed by atoms with E-state index in [0.717, 1.165) is 0 Å². The van der Waals surface area contributed by atoms with E-state index in [4.69, 9.17) is 27.9 Å². The lowest BCUT2D eigenvalue weighted by Crippen LogP contribution is -2.41. The van der Waals surface area contributed by atoms with Crippen LogP contribution in [0.25, 0.3) is 0 Å². The molecule has 2 aromatic rings. The Balaban J connectivity index is 1.71. The molecule has 1 aromatic carbocycles. The van der Waals surface area contributed by atoms with Crippen molar-refractivity contribution in [2.45, 2.75) is 58.6 Å². The van der Waals surface area contributed by atoms with E-state index in [1.807, 2.05) is 20.8 Å². The molecule has 3 rings (SSSR count). The van der Waals surface area contributed by atoms with Crippen LogP contribution in [0.3, 0.4) is 0 Å². The third kappa shape index (κ3) is 7.30. The van der Waals surface area contributed by atoms with E-state index >= 15 is 0 Å². The summed E-state index contributed by atoms with van der Waals surface area (Å²) in [4.78, 5) is 48.9. The second-order valence-corrected chi connectivity index (χ2v) is 10.6. The predicted molar refractivity (Wildman–Crippen MR) is 135 cm³/mol. The number of aryl methyl sites for hydroxylation is 1. The molecule has 11 heteroatoms. The molecule has 2 heterocycles. The maximum absolute atomic E-state index is 13.2. The Kier molecular flexibility index (Phi) is 8.79. The first-order chi connectivity index (χ1) is 16.8. The van der Waals surface area contributed by atoms with Crippen molar-refractivity contribution in [2.75, 3.05) is 19.6 Å². The van der Waals surface area contributed by atoms with Crippen LogP contribution in [-0.2, 0) is 16.1 Å². The van der Waals surface area contributed by atoms with Crippen molar-refractivity contribution in [1.29, 1.82) is 0 Å². The molecule has 1 aliphatic rings. The van der Waals surface area contributed by atoms with Crippen molar-refractivity contribution < 1.29 is 24.2 Å². The number of carbonyl (C=O) groups is 3. The number of piperidine rings is 1. The fraction of sp³-hybridized carbons (Fsp3) is 0.480. The molecule has 0 radical (unpaired) electrons. The Bertz CT molecular complexity index is 1140. The highest BCUT2D eigenvalue weighted by atomic mass is 35.5. The second kappa shape index (κ2) is 11.4. The molecule has 9 nitrogen and oxygen atoms in total. The van der Waals surface area contributed by atoms with Crippen LogP contribution in [0.5, 0.6) is 0 Å². The number of benzene rings is 1. The van der Waals surface area contributed by atoms with Crippen molar-refractivity contribution in [3.63, 3.8) is 0 Å². The monoisotopic (exact) mass is 536 g/mol. The van der Waals surface area contributed by atoms with Crippen LogP contribution in [0.1, 0.15) is 67.0 Å². The number of aromatic nitrogens is 2. The molecule has 194 valence electrons. The number of halogens is 2. The first-order valence-corrected chi connectivity index (χ1v) is 12.4. The number of carboxylic acid groups (broad SMARTS) is 1. The van der Waals surface area contributed by atoms with Crippen molar-refractivity contribution in [3.8, 4) is 0 Å². The Morgan fingerprint density at radius 2 is 1.83 bits per heavy atom. The van der Waals surface area contributed by atoms with Gasteiger partial charge in [-0.15, -0.1) is 0 Å². The Hall–Kier alpha value is -2.91. The van der Waals surface area contributed by atoms with Crippen LogP contribution in [-0.4, -0.2) is 68.1 Å². The van der Waals surface area contributed by atoms with Gasteiger partial charge < -0.3 is 19.6 Å². The van der Waals surface area contributed by atoms with Crippen LogP contribution < -0.4 is 0 Å². The summed E-state index contributed by atoms with van der Waals surface area (Å²) in [6.07, 6.45) is 2.46. The molecule has 0 spiro atoms. The summed E-state index contributed by atoms with van der Waals surface area (Å²) in [5, 5.41) is 10.0.